The molecule has 210 valence electrons. The summed E-state index contributed by atoms with van der Waals surface area (Å²) in [5.41, 5.74) is 0.962. The molecule has 0 saturated heterocycles. The molecule has 0 unspecified atom stereocenters. The Hall–Kier alpha value is -4.58. The van der Waals surface area contributed by atoms with Gasteiger partial charge in [-0.2, -0.15) is 0 Å². The van der Waals surface area contributed by atoms with Gasteiger partial charge < -0.3 is 29.2 Å². The number of thiazole rings is 1. The van der Waals surface area contributed by atoms with Gasteiger partial charge in [-0.3, -0.25) is 9.36 Å². The number of benzene rings is 2. The lowest BCUT2D eigenvalue weighted by atomic mass is 9.95. The number of ether oxygens (including phenoxy) is 4. The third kappa shape index (κ3) is 5.71. The molecule has 0 saturated carbocycles. The summed E-state index contributed by atoms with van der Waals surface area (Å²) in [6.45, 7) is 5.21. The highest BCUT2D eigenvalue weighted by Gasteiger charge is 2.34. The molecule has 0 aliphatic carbocycles. The summed E-state index contributed by atoms with van der Waals surface area (Å²) in [5.74, 6) is -0.920. The van der Waals surface area contributed by atoms with Crippen LogP contribution < -0.4 is 24.4 Å². The van der Waals surface area contributed by atoms with E-state index in [9.17, 15) is 24.6 Å². The average molecular weight is 569 g/mol. The van der Waals surface area contributed by atoms with Crippen LogP contribution >= 0.6 is 11.3 Å². The zero-order valence-corrected chi connectivity index (χ0v) is 23.1. The minimum Gasteiger partial charge on any atom is -0.508 e. The highest BCUT2D eigenvalue weighted by molar-refractivity contribution is 7.07. The van der Waals surface area contributed by atoms with E-state index in [0.717, 1.165) is 11.3 Å². The fourth-order valence-corrected chi connectivity index (χ4v) is 5.22. The van der Waals surface area contributed by atoms with Gasteiger partial charge in [-0.1, -0.05) is 17.4 Å². The summed E-state index contributed by atoms with van der Waals surface area (Å²) in [6, 6.07) is 8.03. The normalized spacial score (nSPS) is 14.8. The molecule has 2 N–H and O–H groups in total. The molecule has 12 heteroatoms. The van der Waals surface area contributed by atoms with Gasteiger partial charge in [-0.15, -0.1) is 0 Å². The number of hydrogen-bond donors (Lipinski definition) is 2. The predicted molar refractivity (Wildman–Crippen MR) is 145 cm³/mol. The van der Waals surface area contributed by atoms with Crippen molar-refractivity contribution >= 4 is 29.4 Å². The molecule has 0 amide bonds. The third-order valence-corrected chi connectivity index (χ3v) is 6.96. The second kappa shape index (κ2) is 12.1. The summed E-state index contributed by atoms with van der Waals surface area (Å²) in [7, 11) is 1.25. The van der Waals surface area contributed by atoms with Crippen LogP contribution in [0.1, 0.15) is 37.9 Å². The van der Waals surface area contributed by atoms with Gasteiger partial charge in [0.15, 0.2) is 22.9 Å². The SMILES string of the molecule is CCOC(=O)C1=C(C)N=c2s/c(=C\c3ccc(O)cc3O)c(=O)n2[C@@H]1c1ccc(OCC(=O)OC)c(OCC)c1. The Kier molecular flexibility index (Phi) is 8.58. The lowest BCUT2D eigenvalue weighted by molar-refractivity contribution is -0.143. The van der Waals surface area contributed by atoms with E-state index in [0.29, 0.717) is 27.4 Å². The van der Waals surface area contributed by atoms with Crippen molar-refractivity contribution in [1.82, 2.24) is 4.57 Å². The van der Waals surface area contributed by atoms with E-state index in [1.54, 1.807) is 39.0 Å². The van der Waals surface area contributed by atoms with Crippen molar-refractivity contribution in [3.8, 4) is 23.0 Å². The van der Waals surface area contributed by atoms with Crippen LogP contribution in [0.25, 0.3) is 6.08 Å². The summed E-state index contributed by atoms with van der Waals surface area (Å²) in [4.78, 5) is 43.4. The molecule has 2 aromatic carbocycles. The number of nitrogens with zero attached hydrogens (tertiary/aromatic N) is 2. The van der Waals surface area contributed by atoms with Gasteiger partial charge in [0.1, 0.15) is 11.5 Å². The van der Waals surface area contributed by atoms with E-state index >= 15 is 0 Å². The first-order valence-electron chi connectivity index (χ1n) is 12.4. The number of phenols is 2. The number of carbonyl (C=O) groups excluding carboxylic acids is 2. The second-order valence-corrected chi connectivity index (χ2v) is 9.56. The van der Waals surface area contributed by atoms with Gasteiger partial charge in [0.2, 0.25) is 0 Å². The van der Waals surface area contributed by atoms with Crippen molar-refractivity contribution in [2.24, 2.45) is 4.99 Å². The number of phenolic OH excluding ortho intramolecular Hbond substituents is 2. The van der Waals surface area contributed by atoms with Crippen LogP contribution in [0.5, 0.6) is 23.0 Å². The van der Waals surface area contributed by atoms with Crippen molar-refractivity contribution in [2.75, 3.05) is 26.9 Å². The summed E-state index contributed by atoms with van der Waals surface area (Å²) < 4.78 is 22.9. The number of allylic oxidation sites excluding steroid dienone is 1. The molecular formula is C28H28N2O9S. The quantitative estimate of drug-likeness (QED) is 0.371. The van der Waals surface area contributed by atoms with Crippen LogP contribution in [0.15, 0.2) is 57.5 Å². The first kappa shape index (κ1) is 28.4. The minimum atomic E-state index is -0.917. The van der Waals surface area contributed by atoms with E-state index < -0.39 is 23.5 Å². The van der Waals surface area contributed by atoms with Crippen molar-refractivity contribution in [3.05, 3.63) is 78.5 Å². The summed E-state index contributed by atoms with van der Waals surface area (Å²) in [6.07, 6.45) is 1.49. The van der Waals surface area contributed by atoms with Crippen LogP contribution in [0.4, 0.5) is 0 Å². The summed E-state index contributed by atoms with van der Waals surface area (Å²) in [5, 5.41) is 19.9. The molecule has 0 fully saturated rings. The van der Waals surface area contributed by atoms with Gasteiger partial charge >= 0.3 is 11.9 Å². The monoisotopic (exact) mass is 568 g/mol. The standard InChI is InChI=1S/C28H28N2O9S/c1-5-37-21-11-17(8-10-20(21)39-14-23(33)36-4)25-24(27(35)38-6-2)15(3)29-28-30(25)26(34)22(40-28)12-16-7-9-18(31)13-19(16)32/h7-13,25,31-32H,5-6,14H2,1-4H3/b22-12-/t25-/m1/s1. The maximum Gasteiger partial charge on any atom is 0.343 e. The topological polar surface area (TPSA) is 146 Å². The van der Waals surface area contributed by atoms with Crippen LogP contribution in [0.3, 0.4) is 0 Å². The lowest BCUT2D eigenvalue weighted by Crippen LogP contribution is -2.40. The maximum atomic E-state index is 13.8. The van der Waals surface area contributed by atoms with Crippen molar-refractivity contribution in [1.29, 1.82) is 0 Å². The number of rotatable bonds is 9. The maximum absolute atomic E-state index is 13.8. The first-order chi connectivity index (χ1) is 19.2. The summed E-state index contributed by atoms with van der Waals surface area (Å²) >= 11 is 1.09. The van der Waals surface area contributed by atoms with Gasteiger partial charge in [-0.25, -0.2) is 14.6 Å². The zero-order chi connectivity index (χ0) is 29.0. The van der Waals surface area contributed by atoms with Crippen LogP contribution in [-0.2, 0) is 19.1 Å². The van der Waals surface area contributed by atoms with Crippen molar-refractivity contribution in [2.45, 2.75) is 26.8 Å². The van der Waals surface area contributed by atoms with Gasteiger partial charge in [0, 0.05) is 11.6 Å². The molecule has 4 rings (SSSR count). The molecule has 0 bridgehead atoms. The molecule has 1 aromatic heterocycles. The van der Waals surface area contributed by atoms with Crippen LogP contribution in [0.2, 0.25) is 0 Å². The fraction of sp³-hybridized carbons (Fsp3) is 0.286. The Morgan fingerprint density at radius 3 is 2.52 bits per heavy atom. The first-order valence-corrected chi connectivity index (χ1v) is 13.2. The number of carbonyl (C=O) groups is 2. The smallest absolute Gasteiger partial charge is 0.343 e. The molecule has 11 nitrogen and oxygen atoms in total. The highest BCUT2D eigenvalue weighted by atomic mass is 32.1. The second-order valence-electron chi connectivity index (χ2n) is 8.55. The van der Waals surface area contributed by atoms with Crippen molar-refractivity contribution in [3.63, 3.8) is 0 Å². The minimum absolute atomic E-state index is 0.116. The van der Waals surface area contributed by atoms with E-state index in [2.05, 4.69) is 9.73 Å². The molecule has 0 radical (unpaired) electrons. The molecule has 1 aliphatic rings. The van der Waals surface area contributed by atoms with Gasteiger partial charge in [-0.05, 0) is 56.7 Å². The fourth-order valence-electron chi connectivity index (χ4n) is 4.18. The number of aromatic nitrogens is 1. The van der Waals surface area contributed by atoms with E-state index in [1.807, 2.05) is 0 Å². The van der Waals surface area contributed by atoms with Crippen LogP contribution in [-0.4, -0.2) is 53.6 Å². The molecule has 3 aromatic rings. The Morgan fingerprint density at radius 2 is 1.85 bits per heavy atom. The molecule has 2 heterocycles. The molecular weight excluding hydrogens is 540 g/mol. The molecule has 0 spiro atoms. The number of esters is 2. The van der Waals surface area contributed by atoms with Gasteiger partial charge in [0.25, 0.3) is 5.56 Å². The van der Waals surface area contributed by atoms with Crippen molar-refractivity contribution < 1.29 is 38.7 Å². The number of aromatic hydroxyl groups is 2. The van der Waals surface area contributed by atoms with E-state index in [4.69, 9.17) is 14.2 Å². The Bertz CT molecular complexity index is 1670. The third-order valence-electron chi connectivity index (χ3n) is 5.97. The highest BCUT2D eigenvalue weighted by Crippen LogP contribution is 2.36. The number of fused-ring (bicyclic) bond motifs is 1. The lowest BCUT2D eigenvalue weighted by Gasteiger charge is -2.25. The zero-order valence-electron chi connectivity index (χ0n) is 22.3. The Morgan fingerprint density at radius 1 is 1.07 bits per heavy atom. The molecule has 1 aliphatic heterocycles. The molecule has 40 heavy (non-hydrogen) atoms. The van der Waals surface area contributed by atoms with E-state index in [1.165, 1.54) is 36.0 Å². The average Bonchev–Trinajstić information content (AvgIpc) is 3.22. The number of hydrogen-bond acceptors (Lipinski definition) is 11. The van der Waals surface area contributed by atoms with Crippen LogP contribution in [0, 0.1) is 0 Å². The Labute approximate surface area is 232 Å². The number of methoxy groups -OCH3 is 1. The van der Waals surface area contributed by atoms with E-state index in [-0.39, 0.29) is 47.2 Å². The Balaban J connectivity index is 1.91. The van der Waals surface area contributed by atoms with Gasteiger partial charge in [0.05, 0.1) is 42.2 Å². The molecule has 1 atom stereocenters. The predicted octanol–water partition coefficient (Wildman–Crippen LogP) is 2.16. The largest absolute Gasteiger partial charge is 0.508 e.